The summed E-state index contributed by atoms with van der Waals surface area (Å²) >= 11 is 11.8. The molecule has 0 saturated carbocycles. The topological polar surface area (TPSA) is 91.8 Å². The fourth-order valence-electron chi connectivity index (χ4n) is 2.36. The summed E-state index contributed by atoms with van der Waals surface area (Å²) in [5.74, 6) is 1.26. The van der Waals surface area contributed by atoms with Gasteiger partial charge in [-0.05, 0) is 36.4 Å². The first-order valence-electron chi connectivity index (χ1n) is 7.19. The molecule has 7 nitrogen and oxygen atoms in total. The van der Waals surface area contributed by atoms with Gasteiger partial charge in [-0.15, -0.1) is 5.11 Å². The lowest BCUT2D eigenvalue weighted by molar-refractivity contribution is 0.174. The van der Waals surface area contributed by atoms with E-state index >= 15 is 0 Å². The Morgan fingerprint density at radius 3 is 2.60 bits per heavy atom. The number of ether oxygens (including phenoxy) is 2. The maximum atomic E-state index is 12.0. The molecule has 0 fully saturated rings. The second kappa shape index (κ2) is 6.27. The van der Waals surface area contributed by atoms with Crippen molar-refractivity contribution >= 4 is 34.6 Å². The van der Waals surface area contributed by atoms with Crippen molar-refractivity contribution in [1.29, 1.82) is 0 Å². The van der Waals surface area contributed by atoms with Gasteiger partial charge in [-0.2, -0.15) is 5.11 Å². The van der Waals surface area contributed by atoms with Crippen LogP contribution in [0.5, 0.6) is 11.5 Å². The normalized spacial score (nSPS) is 12.9. The Balaban J connectivity index is 1.71. The third-order valence-corrected chi connectivity index (χ3v) is 4.32. The van der Waals surface area contributed by atoms with Gasteiger partial charge in [0.05, 0.1) is 21.4 Å². The number of fused-ring (bicyclic) bond motifs is 1. The molecular formula is C16H10Cl2N4O3. The summed E-state index contributed by atoms with van der Waals surface area (Å²) in [7, 11) is 0. The molecule has 0 aliphatic carbocycles. The van der Waals surface area contributed by atoms with E-state index in [1.807, 2.05) is 0 Å². The van der Waals surface area contributed by atoms with E-state index in [2.05, 4.69) is 20.4 Å². The minimum Gasteiger partial charge on any atom is -0.454 e. The van der Waals surface area contributed by atoms with Crippen molar-refractivity contribution in [1.82, 2.24) is 10.2 Å². The average Bonchev–Trinajstić information content (AvgIpc) is 3.21. The molecule has 4 rings (SSSR count). The van der Waals surface area contributed by atoms with Crippen LogP contribution in [0.25, 0.3) is 11.3 Å². The lowest BCUT2D eigenvalue weighted by Gasteiger charge is -2.01. The zero-order valence-corrected chi connectivity index (χ0v) is 14.1. The number of H-pyrrole nitrogens is 2. The highest BCUT2D eigenvalue weighted by Gasteiger charge is 2.17. The summed E-state index contributed by atoms with van der Waals surface area (Å²) in [5, 5.41) is 14.2. The first kappa shape index (κ1) is 15.7. The Hall–Kier alpha value is -2.77. The summed E-state index contributed by atoms with van der Waals surface area (Å²) in [4.78, 5) is 12.0. The number of nitrogens with zero attached hydrogens (tertiary/aromatic N) is 2. The number of aromatic nitrogens is 2. The Morgan fingerprint density at radius 2 is 1.76 bits per heavy atom. The van der Waals surface area contributed by atoms with Gasteiger partial charge in [0.25, 0.3) is 5.56 Å². The molecule has 0 bridgehead atoms. The number of aromatic amines is 2. The molecule has 0 atom stereocenters. The summed E-state index contributed by atoms with van der Waals surface area (Å²) < 4.78 is 10.6. The number of rotatable bonds is 3. The monoisotopic (exact) mass is 376 g/mol. The smallest absolute Gasteiger partial charge is 0.292 e. The molecule has 0 saturated heterocycles. The van der Waals surface area contributed by atoms with Gasteiger partial charge in [-0.3, -0.25) is 15.0 Å². The molecule has 9 heteroatoms. The van der Waals surface area contributed by atoms with E-state index in [0.717, 1.165) is 0 Å². The summed E-state index contributed by atoms with van der Waals surface area (Å²) in [5.41, 5.74) is 1.44. The van der Waals surface area contributed by atoms with Gasteiger partial charge >= 0.3 is 0 Å². The van der Waals surface area contributed by atoms with Crippen LogP contribution in [0.2, 0.25) is 10.0 Å². The van der Waals surface area contributed by atoms with Crippen LogP contribution < -0.4 is 15.0 Å². The molecule has 1 aliphatic rings. The van der Waals surface area contributed by atoms with Crippen molar-refractivity contribution in [3.63, 3.8) is 0 Å². The molecule has 25 heavy (non-hydrogen) atoms. The Labute approximate surface area is 151 Å². The largest absolute Gasteiger partial charge is 0.454 e. The van der Waals surface area contributed by atoms with E-state index < -0.39 is 5.56 Å². The maximum Gasteiger partial charge on any atom is 0.292 e. The SMILES string of the molecule is O=c1[nH][nH]c(-c2ccc3c(c2)OCO3)c1N=Nc1ccc(Cl)c(Cl)c1. The number of halogens is 2. The number of nitrogens with one attached hydrogen (secondary N) is 2. The van der Waals surface area contributed by atoms with Crippen LogP contribution in [-0.2, 0) is 0 Å². The van der Waals surface area contributed by atoms with Crippen LogP contribution >= 0.6 is 23.2 Å². The zero-order chi connectivity index (χ0) is 17.4. The van der Waals surface area contributed by atoms with Gasteiger partial charge < -0.3 is 9.47 Å². The summed E-state index contributed by atoms with van der Waals surface area (Å²) in [6.07, 6.45) is 0. The van der Waals surface area contributed by atoms with Crippen molar-refractivity contribution < 1.29 is 9.47 Å². The number of hydrogen-bond donors (Lipinski definition) is 2. The van der Waals surface area contributed by atoms with Crippen LogP contribution in [0, 0.1) is 0 Å². The molecule has 126 valence electrons. The van der Waals surface area contributed by atoms with Gasteiger partial charge in [0, 0.05) is 5.56 Å². The number of benzene rings is 2. The molecule has 0 spiro atoms. The number of hydrogen-bond acceptors (Lipinski definition) is 5. The molecule has 1 aliphatic heterocycles. The summed E-state index contributed by atoms with van der Waals surface area (Å²) in [6, 6.07) is 10.2. The van der Waals surface area contributed by atoms with Crippen LogP contribution in [-0.4, -0.2) is 17.0 Å². The van der Waals surface area contributed by atoms with Crippen molar-refractivity contribution in [2.75, 3.05) is 6.79 Å². The molecule has 0 amide bonds. The van der Waals surface area contributed by atoms with Gasteiger partial charge in [-0.1, -0.05) is 23.2 Å². The molecular weight excluding hydrogens is 367 g/mol. The fraction of sp³-hybridized carbons (Fsp3) is 0.0625. The summed E-state index contributed by atoms with van der Waals surface area (Å²) in [6.45, 7) is 0.173. The lowest BCUT2D eigenvalue weighted by Crippen LogP contribution is -1.96. The molecule has 2 N–H and O–H groups in total. The molecule has 0 unspecified atom stereocenters. The average molecular weight is 377 g/mol. The predicted molar refractivity (Wildman–Crippen MR) is 93.6 cm³/mol. The van der Waals surface area contributed by atoms with Gasteiger partial charge in [0.1, 0.15) is 0 Å². The van der Waals surface area contributed by atoms with Crippen molar-refractivity contribution in [2.45, 2.75) is 0 Å². The van der Waals surface area contributed by atoms with Gasteiger partial charge in [0.15, 0.2) is 17.2 Å². The first-order valence-corrected chi connectivity index (χ1v) is 7.95. The highest BCUT2D eigenvalue weighted by Crippen LogP contribution is 2.37. The minimum absolute atomic E-state index is 0.143. The Kier molecular flexibility index (Phi) is 3.95. The van der Waals surface area contributed by atoms with E-state index in [0.29, 0.717) is 38.5 Å². The Morgan fingerprint density at radius 1 is 0.920 bits per heavy atom. The highest BCUT2D eigenvalue weighted by molar-refractivity contribution is 6.42. The van der Waals surface area contributed by atoms with Gasteiger partial charge in [-0.25, -0.2) is 0 Å². The second-order valence-corrected chi connectivity index (χ2v) is 5.98. The van der Waals surface area contributed by atoms with Crippen LogP contribution in [0.1, 0.15) is 0 Å². The van der Waals surface area contributed by atoms with Crippen LogP contribution in [0.3, 0.4) is 0 Å². The Bertz CT molecular complexity index is 1040. The maximum absolute atomic E-state index is 12.0. The quantitative estimate of drug-likeness (QED) is 0.641. The second-order valence-electron chi connectivity index (χ2n) is 5.17. The standard InChI is InChI=1S/C16H10Cl2N4O3/c17-10-3-2-9(6-11(10)18)19-21-15-14(20-22-16(15)23)8-1-4-12-13(5-8)25-7-24-12/h1-6H,7H2,(H2,20,22,23). The fourth-order valence-corrected chi connectivity index (χ4v) is 2.65. The zero-order valence-electron chi connectivity index (χ0n) is 12.5. The third-order valence-electron chi connectivity index (χ3n) is 3.58. The van der Waals surface area contributed by atoms with Crippen molar-refractivity contribution in [3.05, 3.63) is 56.8 Å². The van der Waals surface area contributed by atoms with Crippen LogP contribution in [0.4, 0.5) is 11.4 Å². The van der Waals surface area contributed by atoms with E-state index in [-0.39, 0.29) is 12.5 Å². The van der Waals surface area contributed by atoms with E-state index in [4.69, 9.17) is 32.7 Å². The highest BCUT2D eigenvalue weighted by atomic mass is 35.5. The van der Waals surface area contributed by atoms with E-state index in [9.17, 15) is 4.79 Å². The minimum atomic E-state index is -0.392. The molecule has 0 radical (unpaired) electrons. The van der Waals surface area contributed by atoms with Crippen molar-refractivity contribution in [2.24, 2.45) is 10.2 Å². The predicted octanol–water partition coefficient (Wildman–Crippen LogP) is 4.82. The lowest BCUT2D eigenvalue weighted by atomic mass is 10.1. The van der Waals surface area contributed by atoms with Crippen molar-refractivity contribution in [3.8, 4) is 22.8 Å². The van der Waals surface area contributed by atoms with E-state index in [1.54, 1.807) is 36.4 Å². The molecule has 2 aromatic carbocycles. The van der Waals surface area contributed by atoms with Crippen LogP contribution in [0.15, 0.2) is 51.4 Å². The molecule has 2 heterocycles. The number of azo groups is 1. The van der Waals surface area contributed by atoms with Gasteiger partial charge in [0.2, 0.25) is 6.79 Å². The first-order chi connectivity index (χ1) is 12.1. The molecule has 3 aromatic rings. The van der Waals surface area contributed by atoms with E-state index in [1.165, 1.54) is 0 Å². The molecule has 1 aromatic heterocycles. The third kappa shape index (κ3) is 2.99.